The van der Waals surface area contributed by atoms with Gasteiger partial charge >= 0.3 is 6.03 Å². The number of nitrogens with two attached hydrogens (primary N) is 1. The van der Waals surface area contributed by atoms with E-state index in [0.29, 0.717) is 5.57 Å². The predicted octanol–water partition coefficient (Wildman–Crippen LogP) is -0.899. The number of urea groups is 1. The third-order valence-electron chi connectivity index (χ3n) is 1.78. The van der Waals surface area contributed by atoms with Crippen molar-refractivity contribution in [2.24, 2.45) is 5.73 Å². The van der Waals surface area contributed by atoms with Crippen molar-refractivity contribution in [3.63, 3.8) is 0 Å². The molecule has 0 spiro atoms. The zero-order chi connectivity index (χ0) is 9.14. The summed E-state index contributed by atoms with van der Waals surface area (Å²) in [5, 5.41) is 5.00. The van der Waals surface area contributed by atoms with Crippen LogP contribution in [0.1, 0.15) is 6.92 Å². The number of carbonyl (C=O) groups excluding carboxylic acids is 2. The molecule has 0 saturated carbocycles. The molecule has 0 radical (unpaired) electrons. The fourth-order valence-corrected chi connectivity index (χ4v) is 0.881. The molecule has 3 amide bonds. The van der Waals surface area contributed by atoms with Crippen LogP contribution < -0.4 is 16.4 Å². The van der Waals surface area contributed by atoms with E-state index in [4.69, 9.17) is 5.73 Å². The standard InChI is InChI=1S/C7H11N3O2/c1-4(5-2-9-3-5)6(11)10-7(8)12/h9H,2-3H2,1H3,(H3,8,10,11,12). The van der Waals surface area contributed by atoms with Gasteiger partial charge in [-0.2, -0.15) is 0 Å². The number of primary amides is 1. The van der Waals surface area contributed by atoms with E-state index in [9.17, 15) is 9.59 Å². The van der Waals surface area contributed by atoms with Gasteiger partial charge in [-0.15, -0.1) is 0 Å². The maximum absolute atomic E-state index is 11.1. The summed E-state index contributed by atoms with van der Waals surface area (Å²) in [5.74, 6) is -0.404. The van der Waals surface area contributed by atoms with Crippen LogP contribution in [0.5, 0.6) is 0 Å². The molecule has 0 aromatic carbocycles. The van der Waals surface area contributed by atoms with E-state index in [1.165, 1.54) is 0 Å². The first-order chi connectivity index (χ1) is 5.61. The number of nitrogens with one attached hydrogen (secondary N) is 2. The van der Waals surface area contributed by atoms with Crippen molar-refractivity contribution in [2.45, 2.75) is 6.92 Å². The Morgan fingerprint density at radius 3 is 2.42 bits per heavy atom. The van der Waals surface area contributed by atoms with Gasteiger partial charge in [0.2, 0.25) is 0 Å². The van der Waals surface area contributed by atoms with Crippen molar-refractivity contribution >= 4 is 11.9 Å². The highest BCUT2D eigenvalue weighted by atomic mass is 16.2. The van der Waals surface area contributed by atoms with Crippen LogP contribution in [0.3, 0.4) is 0 Å². The topological polar surface area (TPSA) is 84.2 Å². The van der Waals surface area contributed by atoms with Gasteiger partial charge in [-0.05, 0) is 12.5 Å². The summed E-state index contributed by atoms with van der Waals surface area (Å²) < 4.78 is 0. The third kappa shape index (κ3) is 1.82. The summed E-state index contributed by atoms with van der Waals surface area (Å²) in [6.45, 7) is 3.12. The molecular weight excluding hydrogens is 158 g/mol. The maximum atomic E-state index is 11.1. The molecule has 1 fully saturated rings. The molecule has 1 aliphatic heterocycles. The fraction of sp³-hybridized carbons (Fsp3) is 0.429. The van der Waals surface area contributed by atoms with Gasteiger partial charge in [-0.1, -0.05) is 0 Å². The van der Waals surface area contributed by atoms with Gasteiger partial charge < -0.3 is 11.1 Å². The minimum atomic E-state index is -0.813. The Labute approximate surface area is 70.0 Å². The van der Waals surface area contributed by atoms with Crippen LogP contribution in [-0.4, -0.2) is 25.0 Å². The zero-order valence-corrected chi connectivity index (χ0v) is 6.81. The van der Waals surface area contributed by atoms with E-state index in [2.05, 4.69) is 5.32 Å². The molecule has 4 N–H and O–H groups in total. The van der Waals surface area contributed by atoms with Gasteiger partial charge in [0.15, 0.2) is 0 Å². The van der Waals surface area contributed by atoms with Crippen LogP contribution in [0.4, 0.5) is 4.79 Å². The minimum Gasteiger partial charge on any atom is -0.351 e. The number of hydrogen-bond acceptors (Lipinski definition) is 3. The highest BCUT2D eigenvalue weighted by Gasteiger charge is 2.16. The summed E-state index contributed by atoms with van der Waals surface area (Å²) in [7, 11) is 0. The Morgan fingerprint density at radius 2 is 2.08 bits per heavy atom. The van der Waals surface area contributed by atoms with E-state index in [1.54, 1.807) is 6.92 Å². The average Bonchev–Trinajstić information content (AvgIpc) is 1.81. The zero-order valence-electron chi connectivity index (χ0n) is 6.81. The summed E-state index contributed by atoms with van der Waals surface area (Å²) in [6.07, 6.45) is 0. The van der Waals surface area contributed by atoms with E-state index in [0.717, 1.165) is 18.7 Å². The Bertz CT molecular complexity index is 251. The second-order valence-electron chi connectivity index (χ2n) is 2.65. The molecule has 0 atom stereocenters. The quantitative estimate of drug-likeness (QED) is 0.445. The highest BCUT2D eigenvalue weighted by Crippen LogP contribution is 2.07. The lowest BCUT2D eigenvalue weighted by Crippen LogP contribution is -2.40. The van der Waals surface area contributed by atoms with Crippen molar-refractivity contribution < 1.29 is 9.59 Å². The Hall–Kier alpha value is -1.36. The number of amides is 3. The molecule has 1 aliphatic rings. The van der Waals surface area contributed by atoms with Gasteiger partial charge in [0.05, 0.1) is 0 Å². The monoisotopic (exact) mass is 169 g/mol. The van der Waals surface area contributed by atoms with Crippen molar-refractivity contribution in [2.75, 3.05) is 13.1 Å². The summed E-state index contributed by atoms with van der Waals surface area (Å²) in [5.41, 5.74) is 6.38. The number of carbonyl (C=O) groups is 2. The van der Waals surface area contributed by atoms with Gasteiger partial charge in [-0.3, -0.25) is 10.1 Å². The van der Waals surface area contributed by atoms with E-state index in [-0.39, 0.29) is 0 Å². The van der Waals surface area contributed by atoms with Gasteiger partial charge in [0.1, 0.15) is 0 Å². The first kappa shape index (κ1) is 8.73. The second kappa shape index (κ2) is 3.36. The SMILES string of the molecule is CC(C(=O)NC(N)=O)=C1CNC1. The van der Waals surface area contributed by atoms with Crippen LogP contribution >= 0.6 is 0 Å². The van der Waals surface area contributed by atoms with E-state index in [1.807, 2.05) is 5.32 Å². The molecule has 5 heteroatoms. The Balaban J connectivity index is 2.57. The lowest BCUT2D eigenvalue weighted by atomic mass is 10.0. The van der Waals surface area contributed by atoms with Crippen LogP contribution in [-0.2, 0) is 4.79 Å². The molecular formula is C7H11N3O2. The minimum absolute atomic E-state index is 0.404. The highest BCUT2D eigenvalue weighted by molar-refractivity contribution is 6.03. The van der Waals surface area contributed by atoms with Gasteiger partial charge in [0.25, 0.3) is 5.91 Å². The molecule has 0 aliphatic carbocycles. The summed E-state index contributed by atoms with van der Waals surface area (Å²) >= 11 is 0. The normalized spacial score (nSPS) is 14.9. The fourth-order valence-electron chi connectivity index (χ4n) is 0.881. The lowest BCUT2D eigenvalue weighted by Gasteiger charge is -2.20. The molecule has 0 bridgehead atoms. The Morgan fingerprint density at radius 1 is 1.50 bits per heavy atom. The van der Waals surface area contributed by atoms with Crippen LogP contribution in [0.2, 0.25) is 0 Å². The van der Waals surface area contributed by atoms with Crippen molar-refractivity contribution in [1.29, 1.82) is 0 Å². The predicted molar refractivity (Wildman–Crippen MR) is 43.3 cm³/mol. The molecule has 0 aromatic rings. The lowest BCUT2D eigenvalue weighted by molar-refractivity contribution is -0.116. The van der Waals surface area contributed by atoms with Crippen LogP contribution in [0.25, 0.3) is 0 Å². The molecule has 1 heterocycles. The molecule has 66 valence electrons. The maximum Gasteiger partial charge on any atom is 0.319 e. The first-order valence-corrected chi connectivity index (χ1v) is 3.61. The van der Waals surface area contributed by atoms with Crippen LogP contribution in [0, 0.1) is 0 Å². The van der Waals surface area contributed by atoms with E-state index >= 15 is 0 Å². The third-order valence-corrected chi connectivity index (χ3v) is 1.78. The van der Waals surface area contributed by atoms with Gasteiger partial charge in [0, 0.05) is 18.7 Å². The van der Waals surface area contributed by atoms with E-state index < -0.39 is 11.9 Å². The average molecular weight is 169 g/mol. The first-order valence-electron chi connectivity index (χ1n) is 3.61. The Kier molecular flexibility index (Phi) is 2.44. The molecule has 1 rings (SSSR count). The van der Waals surface area contributed by atoms with Crippen LogP contribution in [0.15, 0.2) is 11.1 Å². The molecule has 0 aromatic heterocycles. The second-order valence-corrected chi connectivity index (χ2v) is 2.65. The molecule has 5 nitrogen and oxygen atoms in total. The number of hydrogen-bond donors (Lipinski definition) is 3. The molecule has 0 unspecified atom stereocenters. The smallest absolute Gasteiger partial charge is 0.319 e. The summed E-state index contributed by atoms with van der Waals surface area (Å²) in [4.78, 5) is 21.4. The number of rotatable bonds is 1. The summed E-state index contributed by atoms with van der Waals surface area (Å²) in [6, 6.07) is -0.813. The van der Waals surface area contributed by atoms with Crippen molar-refractivity contribution in [3.05, 3.63) is 11.1 Å². The number of imide groups is 1. The molecule has 12 heavy (non-hydrogen) atoms. The van der Waals surface area contributed by atoms with Crippen molar-refractivity contribution in [3.8, 4) is 0 Å². The largest absolute Gasteiger partial charge is 0.351 e. The molecule has 1 saturated heterocycles. The van der Waals surface area contributed by atoms with Gasteiger partial charge in [-0.25, -0.2) is 4.79 Å². The van der Waals surface area contributed by atoms with Crippen molar-refractivity contribution in [1.82, 2.24) is 10.6 Å².